The number of hydrogen-bond donors (Lipinski definition) is 0. The Bertz CT molecular complexity index is 439. The number of nitrogens with zero attached hydrogens (tertiary/aromatic N) is 2. The fraction of sp³-hybridized carbons (Fsp3) is 0.611. The Morgan fingerprint density at radius 2 is 1.76 bits per heavy atom. The van der Waals surface area contributed by atoms with Gasteiger partial charge in [-0.05, 0) is 49.0 Å². The Balaban J connectivity index is 0.00000106. The summed E-state index contributed by atoms with van der Waals surface area (Å²) in [5, 5.41) is 8.86. The van der Waals surface area contributed by atoms with Crippen LogP contribution >= 0.6 is 0 Å². The van der Waals surface area contributed by atoms with Crippen LogP contribution in [-0.2, 0) is 6.54 Å². The SMILES string of the molecule is CC.COc1ccc(CN2CCC(C)(CC#N)CC2)cc1. The van der Waals surface area contributed by atoms with E-state index in [-0.39, 0.29) is 5.41 Å². The summed E-state index contributed by atoms with van der Waals surface area (Å²) in [4.78, 5) is 2.47. The maximum Gasteiger partial charge on any atom is 0.118 e. The van der Waals surface area contributed by atoms with Crippen molar-refractivity contribution in [3.63, 3.8) is 0 Å². The van der Waals surface area contributed by atoms with E-state index in [4.69, 9.17) is 10.00 Å². The van der Waals surface area contributed by atoms with E-state index in [1.807, 2.05) is 26.0 Å². The summed E-state index contributed by atoms with van der Waals surface area (Å²) >= 11 is 0. The first-order valence-electron chi connectivity index (χ1n) is 7.87. The highest BCUT2D eigenvalue weighted by Gasteiger charge is 2.29. The van der Waals surface area contributed by atoms with Crippen molar-refractivity contribution in [2.24, 2.45) is 5.41 Å². The molecule has 1 heterocycles. The van der Waals surface area contributed by atoms with E-state index >= 15 is 0 Å². The quantitative estimate of drug-likeness (QED) is 0.831. The van der Waals surface area contributed by atoms with Gasteiger partial charge in [0.15, 0.2) is 0 Å². The van der Waals surface area contributed by atoms with E-state index < -0.39 is 0 Å². The molecule has 1 saturated heterocycles. The molecular weight excluding hydrogens is 260 g/mol. The summed E-state index contributed by atoms with van der Waals surface area (Å²) in [7, 11) is 1.69. The van der Waals surface area contributed by atoms with Crippen molar-refractivity contribution in [2.75, 3.05) is 20.2 Å². The highest BCUT2D eigenvalue weighted by molar-refractivity contribution is 5.27. The van der Waals surface area contributed by atoms with Gasteiger partial charge in [0, 0.05) is 13.0 Å². The Morgan fingerprint density at radius 3 is 2.24 bits per heavy atom. The molecule has 0 aliphatic carbocycles. The zero-order chi connectivity index (χ0) is 15.7. The van der Waals surface area contributed by atoms with Crippen molar-refractivity contribution in [2.45, 2.75) is 46.6 Å². The molecule has 3 nitrogen and oxygen atoms in total. The molecule has 0 atom stereocenters. The largest absolute Gasteiger partial charge is 0.497 e. The van der Waals surface area contributed by atoms with Gasteiger partial charge in [-0.1, -0.05) is 32.9 Å². The predicted molar refractivity (Wildman–Crippen MR) is 87.2 cm³/mol. The number of ether oxygens (including phenoxy) is 1. The minimum Gasteiger partial charge on any atom is -0.497 e. The summed E-state index contributed by atoms with van der Waals surface area (Å²) in [6, 6.07) is 10.6. The van der Waals surface area contributed by atoms with E-state index in [2.05, 4.69) is 30.0 Å². The van der Waals surface area contributed by atoms with Crippen molar-refractivity contribution in [3.05, 3.63) is 29.8 Å². The van der Waals surface area contributed by atoms with Crippen molar-refractivity contribution in [1.29, 1.82) is 5.26 Å². The molecule has 0 spiro atoms. The molecule has 3 heteroatoms. The van der Waals surface area contributed by atoms with E-state index in [0.717, 1.165) is 38.2 Å². The van der Waals surface area contributed by atoms with Crippen LogP contribution in [0.25, 0.3) is 0 Å². The summed E-state index contributed by atoms with van der Waals surface area (Å²) in [5.74, 6) is 0.906. The Kier molecular flexibility index (Phi) is 7.25. The van der Waals surface area contributed by atoms with Crippen molar-refractivity contribution in [3.8, 4) is 11.8 Å². The lowest BCUT2D eigenvalue weighted by atomic mass is 9.78. The molecular formula is C18H28N2O. The van der Waals surface area contributed by atoms with E-state index in [9.17, 15) is 0 Å². The first-order valence-corrected chi connectivity index (χ1v) is 7.87. The fourth-order valence-corrected chi connectivity index (χ4v) is 2.61. The van der Waals surface area contributed by atoms with Gasteiger partial charge in [-0.15, -0.1) is 0 Å². The monoisotopic (exact) mass is 288 g/mol. The third kappa shape index (κ3) is 5.40. The first kappa shape index (κ1) is 17.5. The first-order chi connectivity index (χ1) is 10.1. The van der Waals surface area contributed by atoms with E-state index in [0.29, 0.717) is 6.42 Å². The van der Waals surface area contributed by atoms with Gasteiger partial charge in [0.2, 0.25) is 0 Å². The fourth-order valence-electron chi connectivity index (χ4n) is 2.61. The molecule has 2 rings (SSSR count). The number of piperidine rings is 1. The zero-order valence-electron chi connectivity index (χ0n) is 13.9. The molecule has 1 aliphatic rings. The molecule has 0 N–H and O–H groups in total. The van der Waals surface area contributed by atoms with Crippen LogP contribution in [0.4, 0.5) is 0 Å². The molecule has 0 saturated carbocycles. The van der Waals surface area contributed by atoms with Gasteiger partial charge in [0.25, 0.3) is 0 Å². The summed E-state index contributed by atoms with van der Waals surface area (Å²) in [6.07, 6.45) is 2.93. The number of nitriles is 1. The lowest BCUT2D eigenvalue weighted by molar-refractivity contribution is 0.116. The topological polar surface area (TPSA) is 36.3 Å². The Hall–Kier alpha value is -1.53. The summed E-state index contributed by atoms with van der Waals surface area (Å²) in [5.41, 5.74) is 1.55. The van der Waals surface area contributed by atoms with Gasteiger partial charge < -0.3 is 4.74 Å². The maximum absolute atomic E-state index is 8.86. The number of hydrogen-bond acceptors (Lipinski definition) is 3. The average Bonchev–Trinajstić information content (AvgIpc) is 2.53. The third-order valence-corrected chi connectivity index (χ3v) is 4.13. The molecule has 21 heavy (non-hydrogen) atoms. The highest BCUT2D eigenvalue weighted by Crippen LogP contribution is 2.34. The number of rotatable bonds is 4. The Labute approximate surface area is 129 Å². The number of likely N-dealkylation sites (tertiary alicyclic amines) is 1. The molecule has 1 aliphatic heterocycles. The molecule has 1 fully saturated rings. The molecule has 1 aromatic carbocycles. The van der Waals surface area contributed by atoms with Gasteiger partial charge >= 0.3 is 0 Å². The van der Waals surface area contributed by atoms with Crippen LogP contribution in [0.1, 0.15) is 45.6 Å². The molecule has 0 unspecified atom stereocenters. The Morgan fingerprint density at radius 1 is 1.19 bits per heavy atom. The second kappa shape index (κ2) is 8.69. The second-order valence-corrected chi connectivity index (χ2v) is 5.77. The number of methoxy groups -OCH3 is 1. The van der Waals surface area contributed by atoms with Crippen LogP contribution in [0, 0.1) is 16.7 Å². The molecule has 0 aromatic heterocycles. The van der Waals surface area contributed by atoms with Gasteiger partial charge in [-0.25, -0.2) is 0 Å². The van der Waals surface area contributed by atoms with Crippen LogP contribution in [-0.4, -0.2) is 25.1 Å². The van der Waals surface area contributed by atoms with Crippen LogP contribution in [0.2, 0.25) is 0 Å². The number of benzene rings is 1. The second-order valence-electron chi connectivity index (χ2n) is 5.77. The standard InChI is InChI=1S/C16H22N2O.C2H6/c1-16(7-10-17)8-11-18(12-9-16)13-14-3-5-15(19-2)6-4-14;1-2/h3-6H,7-9,11-13H2,1-2H3;1-2H3. The predicted octanol–water partition coefficient (Wildman–Crippen LogP) is 4.24. The minimum absolute atomic E-state index is 0.227. The van der Waals surface area contributed by atoms with Crippen LogP contribution in [0.15, 0.2) is 24.3 Å². The van der Waals surface area contributed by atoms with Crippen molar-refractivity contribution < 1.29 is 4.74 Å². The maximum atomic E-state index is 8.86. The van der Waals surface area contributed by atoms with Gasteiger partial charge in [0.1, 0.15) is 5.75 Å². The minimum atomic E-state index is 0.227. The molecule has 116 valence electrons. The average molecular weight is 288 g/mol. The van der Waals surface area contributed by atoms with Crippen LogP contribution < -0.4 is 4.74 Å². The smallest absolute Gasteiger partial charge is 0.118 e. The van der Waals surface area contributed by atoms with Gasteiger partial charge in [-0.2, -0.15) is 5.26 Å². The molecule has 0 amide bonds. The normalized spacial score (nSPS) is 17.3. The highest BCUT2D eigenvalue weighted by atomic mass is 16.5. The van der Waals surface area contributed by atoms with Crippen LogP contribution in [0.3, 0.4) is 0 Å². The lowest BCUT2D eigenvalue weighted by Gasteiger charge is -2.38. The molecule has 0 radical (unpaired) electrons. The van der Waals surface area contributed by atoms with Crippen molar-refractivity contribution >= 4 is 0 Å². The van der Waals surface area contributed by atoms with Crippen molar-refractivity contribution in [1.82, 2.24) is 4.90 Å². The van der Waals surface area contributed by atoms with Gasteiger partial charge in [0.05, 0.1) is 13.2 Å². The zero-order valence-corrected chi connectivity index (χ0v) is 13.9. The van der Waals surface area contributed by atoms with E-state index in [1.165, 1.54) is 5.56 Å². The summed E-state index contributed by atoms with van der Waals surface area (Å²) < 4.78 is 5.17. The lowest BCUT2D eigenvalue weighted by Crippen LogP contribution is -2.38. The van der Waals surface area contributed by atoms with Gasteiger partial charge in [-0.3, -0.25) is 4.90 Å². The third-order valence-electron chi connectivity index (χ3n) is 4.13. The van der Waals surface area contributed by atoms with E-state index in [1.54, 1.807) is 7.11 Å². The summed E-state index contributed by atoms with van der Waals surface area (Å²) in [6.45, 7) is 9.40. The molecule has 1 aromatic rings. The van der Waals surface area contributed by atoms with Crippen LogP contribution in [0.5, 0.6) is 5.75 Å². The molecule has 0 bridgehead atoms.